The fourth-order valence-electron chi connectivity index (χ4n) is 6.64. The van der Waals surface area contributed by atoms with Crippen LogP contribution < -0.4 is 4.74 Å². The fraction of sp³-hybridized carbons (Fsp3) is 0.559. The minimum Gasteiger partial charge on any atom is -0.477 e. The molecule has 0 spiro atoms. The number of hydrogen-bond acceptors (Lipinski definition) is 5. The molecule has 1 atom stereocenters. The molecule has 1 aromatic carbocycles. The Hall–Kier alpha value is -2.99. The third kappa shape index (κ3) is 6.65. The Bertz CT molecular complexity index is 1320. The van der Waals surface area contributed by atoms with Gasteiger partial charge in [0.1, 0.15) is 5.78 Å². The number of nitrogens with zero attached hydrogens (tertiary/aromatic N) is 3. The molecule has 1 unspecified atom stereocenters. The van der Waals surface area contributed by atoms with E-state index in [-0.39, 0.29) is 17.1 Å². The molecule has 0 N–H and O–H groups in total. The van der Waals surface area contributed by atoms with Crippen molar-refractivity contribution in [1.29, 1.82) is 0 Å². The first-order valence-corrected chi connectivity index (χ1v) is 15.2. The average Bonchev–Trinajstić information content (AvgIpc) is 3.30. The van der Waals surface area contributed by atoms with Gasteiger partial charge in [-0.25, -0.2) is 4.68 Å². The molecule has 6 nitrogen and oxygen atoms in total. The highest BCUT2D eigenvalue weighted by Gasteiger charge is 2.33. The molecule has 40 heavy (non-hydrogen) atoms. The largest absolute Gasteiger partial charge is 0.477 e. The lowest BCUT2D eigenvalue weighted by atomic mass is 9.71. The number of hydrogen-bond donors (Lipinski definition) is 0. The molecule has 0 amide bonds. The van der Waals surface area contributed by atoms with Crippen LogP contribution in [0.4, 0.5) is 0 Å². The van der Waals surface area contributed by atoms with Crippen LogP contribution in [0.5, 0.6) is 5.88 Å². The summed E-state index contributed by atoms with van der Waals surface area (Å²) >= 11 is 0. The lowest BCUT2D eigenvalue weighted by molar-refractivity contribution is -0.117. The Balaban J connectivity index is 1.29. The number of aryl methyl sites for hydroxylation is 4. The maximum Gasteiger partial charge on any atom is 0.211 e. The van der Waals surface area contributed by atoms with Crippen LogP contribution in [-0.4, -0.2) is 40.4 Å². The van der Waals surface area contributed by atoms with Crippen LogP contribution in [-0.2, 0) is 47.7 Å². The SMILES string of the molecule is CCC1(c2cc(C)cc(C(CC(C)=O)Cc3cc(OCCc4ccc5c(n4)CCCC5)n(C)n3)c2)CCOCC1. The van der Waals surface area contributed by atoms with Crippen molar-refractivity contribution in [2.24, 2.45) is 7.05 Å². The maximum atomic E-state index is 12.4. The molecular formula is C34H45N3O3. The highest BCUT2D eigenvalue weighted by Crippen LogP contribution is 2.40. The van der Waals surface area contributed by atoms with Crippen molar-refractivity contribution in [3.05, 3.63) is 75.7 Å². The number of rotatable bonds is 11. The summed E-state index contributed by atoms with van der Waals surface area (Å²) in [5, 5.41) is 4.78. The van der Waals surface area contributed by atoms with Crippen LogP contribution in [0.25, 0.3) is 0 Å². The number of fused-ring (bicyclic) bond motifs is 1. The number of benzene rings is 1. The van der Waals surface area contributed by atoms with E-state index in [0.717, 1.165) is 69.0 Å². The quantitative estimate of drug-likeness (QED) is 0.280. The van der Waals surface area contributed by atoms with Gasteiger partial charge in [0.2, 0.25) is 5.88 Å². The Morgan fingerprint density at radius 3 is 2.67 bits per heavy atom. The molecule has 1 aliphatic heterocycles. The molecule has 2 aromatic heterocycles. The molecule has 5 rings (SSSR count). The molecule has 0 radical (unpaired) electrons. The summed E-state index contributed by atoms with van der Waals surface area (Å²) in [6.45, 7) is 8.34. The zero-order valence-electron chi connectivity index (χ0n) is 24.8. The van der Waals surface area contributed by atoms with Crippen molar-refractivity contribution in [2.45, 2.75) is 96.3 Å². The predicted molar refractivity (Wildman–Crippen MR) is 158 cm³/mol. The van der Waals surface area contributed by atoms with Gasteiger partial charge in [-0.05, 0) is 99.3 Å². The van der Waals surface area contributed by atoms with Crippen molar-refractivity contribution < 1.29 is 14.3 Å². The van der Waals surface area contributed by atoms with E-state index in [1.807, 2.05) is 17.8 Å². The average molecular weight is 544 g/mol. The first kappa shape index (κ1) is 28.5. The summed E-state index contributed by atoms with van der Waals surface area (Å²) in [5.74, 6) is 1.04. The molecule has 0 saturated carbocycles. The molecule has 1 fully saturated rings. The van der Waals surface area contributed by atoms with Gasteiger partial charge >= 0.3 is 0 Å². The minimum atomic E-state index is 0.0762. The highest BCUT2D eigenvalue weighted by atomic mass is 16.5. The minimum absolute atomic E-state index is 0.0762. The van der Waals surface area contributed by atoms with Crippen molar-refractivity contribution in [2.75, 3.05) is 19.8 Å². The number of carbonyl (C=O) groups is 1. The van der Waals surface area contributed by atoms with Gasteiger partial charge in [0, 0.05) is 50.6 Å². The van der Waals surface area contributed by atoms with Crippen molar-refractivity contribution >= 4 is 5.78 Å². The molecule has 0 bridgehead atoms. The Morgan fingerprint density at radius 1 is 1.10 bits per heavy atom. The van der Waals surface area contributed by atoms with Crippen LogP contribution in [0.15, 0.2) is 36.4 Å². The number of aromatic nitrogens is 3. The normalized spacial score (nSPS) is 17.3. The van der Waals surface area contributed by atoms with E-state index in [1.54, 1.807) is 6.92 Å². The van der Waals surface area contributed by atoms with E-state index in [4.69, 9.17) is 19.6 Å². The topological polar surface area (TPSA) is 66.2 Å². The predicted octanol–water partition coefficient (Wildman–Crippen LogP) is 6.39. The second kappa shape index (κ2) is 12.7. The molecule has 2 aliphatic rings. The maximum absolute atomic E-state index is 12.4. The van der Waals surface area contributed by atoms with E-state index in [1.165, 1.54) is 40.8 Å². The molecule has 1 saturated heterocycles. The van der Waals surface area contributed by atoms with Crippen LogP contribution >= 0.6 is 0 Å². The first-order valence-electron chi connectivity index (χ1n) is 15.2. The Morgan fingerprint density at radius 2 is 1.90 bits per heavy atom. The van der Waals surface area contributed by atoms with Gasteiger partial charge in [0.25, 0.3) is 0 Å². The standard InChI is InChI=1S/C34H45N3O3/c1-5-34(13-16-39-17-14-34)29-19-24(2)18-27(21-29)28(20-25(3)38)22-31-23-33(37(4)36-31)40-15-12-30-11-10-26-8-6-7-9-32(26)35-30/h10-11,18-19,21,23,28H,5-9,12-17,20,22H2,1-4H3. The van der Waals surface area contributed by atoms with Crippen LogP contribution in [0.2, 0.25) is 0 Å². The second-order valence-corrected chi connectivity index (χ2v) is 12.0. The molecule has 3 aromatic rings. The van der Waals surface area contributed by atoms with Crippen LogP contribution in [0.1, 0.15) is 97.6 Å². The van der Waals surface area contributed by atoms with E-state index < -0.39 is 0 Å². The van der Waals surface area contributed by atoms with Gasteiger partial charge in [0.05, 0.1) is 12.3 Å². The third-order valence-electron chi connectivity index (χ3n) is 9.03. The van der Waals surface area contributed by atoms with Crippen molar-refractivity contribution in [3.8, 4) is 5.88 Å². The van der Waals surface area contributed by atoms with Gasteiger partial charge < -0.3 is 14.3 Å². The Labute approximate surface area is 239 Å². The van der Waals surface area contributed by atoms with E-state index in [0.29, 0.717) is 19.4 Å². The number of ketones is 1. The summed E-state index contributed by atoms with van der Waals surface area (Å²) in [7, 11) is 1.93. The van der Waals surface area contributed by atoms with E-state index in [9.17, 15) is 4.79 Å². The van der Waals surface area contributed by atoms with E-state index in [2.05, 4.69) is 44.2 Å². The second-order valence-electron chi connectivity index (χ2n) is 12.0. The fourth-order valence-corrected chi connectivity index (χ4v) is 6.64. The number of pyridine rings is 1. The van der Waals surface area contributed by atoms with Gasteiger partial charge in [-0.3, -0.25) is 4.98 Å². The smallest absolute Gasteiger partial charge is 0.211 e. The zero-order valence-corrected chi connectivity index (χ0v) is 24.8. The number of Topliss-reactive ketones (excluding diaryl/α,β-unsaturated/α-hetero) is 1. The van der Waals surface area contributed by atoms with Gasteiger partial charge in [0.15, 0.2) is 0 Å². The lowest BCUT2D eigenvalue weighted by Crippen LogP contribution is -2.33. The summed E-state index contributed by atoms with van der Waals surface area (Å²) in [5.41, 5.74) is 8.75. The summed E-state index contributed by atoms with van der Waals surface area (Å²) < 4.78 is 13.7. The van der Waals surface area contributed by atoms with Crippen molar-refractivity contribution in [1.82, 2.24) is 14.8 Å². The number of ether oxygens (including phenoxy) is 2. The molecule has 1 aliphatic carbocycles. The van der Waals surface area contributed by atoms with Crippen molar-refractivity contribution in [3.63, 3.8) is 0 Å². The number of carbonyl (C=O) groups excluding carboxylic acids is 1. The van der Waals surface area contributed by atoms with Crippen LogP contribution in [0.3, 0.4) is 0 Å². The van der Waals surface area contributed by atoms with Gasteiger partial charge in [-0.1, -0.05) is 36.8 Å². The lowest BCUT2D eigenvalue weighted by Gasteiger charge is -2.37. The summed E-state index contributed by atoms with van der Waals surface area (Å²) in [6.07, 6.45) is 9.92. The Kier molecular flexibility index (Phi) is 9.04. The molecular weight excluding hydrogens is 498 g/mol. The first-order chi connectivity index (χ1) is 19.3. The molecule has 3 heterocycles. The zero-order chi connectivity index (χ0) is 28.1. The molecule has 214 valence electrons. The molecule has 6 heteroatoms. The third-order valence-corrected chi connectivity index (χ3v) is 9.03. The monoisotopic (exact) mass is 543 g/mol. The van der Waals surface area contributed by atoms with Gasteiger partial charge in [-0.2, -0.15) is 5.10 Å². The van der Waals surface area contributed by atoms with E-state index >= 15 is 0 Å². The summed E-state index contributed by atoms with van der Waals surface area (Å²) in [6, 6.07) is 13.4. The van der Waals surface area contributed by atoms with Gasteiger partial charge in [-0.15, -0.1) is 0 Å². The summed E-state index contributed by atoms with van der Waals surface area (Å²) in [4.78, 5) is 17.3. The van der Waals surface area contributed by atoms with Crippen LogP contribution in [0, 0.1) is 6.92 Å². The highest BCUT2D eigenvalue weighted by molar-refractivity contribution is 5.76.